The molecule has 110 valence electrons. The van der Waals surface area contributed by atoms with Gasteiger partial charge >= 0.3 is 0 Å². The van der Waals surface area contributed by atoms with E-state index >= 15 is 0 Å². The molecular weight excluding hydrogens is 337 g/mol. The van der Waals surface area contributed by atoms with Gasteiger partial charge in [0, 0.05) is 29.4 Å². The first-order valence-electron chi connectivity index (χ1n) is 6.83. The normalized spacial score (nSPS) is 14.5. The largest absolute Gasteiger partial charge is 0.369 e. The Kier molecular flexibility index (Phi) is 3.96. The van der Waals surface area contributed by atoms with E-state index in [2.05, 4.69) is 26.2 Å². The second-order valence-electron chi connectivity index (χ2n) is 5.05. The van der Waals surface area contributed by atoms with Gasteiger partial charge in [0.1, 0.15) is 11.5 Å². The van der Waals surface area contributed by atoms with E-state index in [0.717, 1.165) is 30.4 Å². The van der Waals surface area contributed by atoms with Gasteiger partial charge in [-0.05, 0) is 53.0 Å². The molecule has 1 aliphatic heterocycles. The molecule has 1 saturated heterocycles. The number of hydrogen-bond donors (Lipinski definition) is 2. The van der Waals surface area contributed by atoms with E-state index in [1.165, 1.54) is 6.07 Å². The molecule has 0 aliphatic carbocycles. The number of H-pyrrole nitrogens is 1. The van der Waals surface area contributed by atoms with Crippen LogP contribution in [0.4, 0.5) is 15.8 Å². The quantitative estimate of drug-likeness (QED) is 0.884. The zero-order chi connectivity index (χ0) is 14.8. The Labute approximate surface area is 130 Å². The highest BCUT2D eigenvalue weighted by Gasteiger charge is 2.17. The molecule has 6 heteroatoms. The number of hydrogen-bond acceptors (Lipinski definition) is 2. The fourth-order valence-corrected chi connectivity index (χ4v) is 2.84. The topological polar surface area (TPSA) is 48.1 Å². The Balaban J connectivity index is 1.74. The van der Waals surface area contributed by atoms with Crippen LogP contribution in [0.5, 0.6) is 0 Å². The highest BCUT2D eigenvalue weighted by atomic mass is 79.9. The predicted octanol–water partition coefficient (Wildman–Crippen LogP) is 3.77. The maximum atomic E-state index is 14.2. The molecular formula is C15H15BrFN3O. The van der Waals surface area contributed by atoms with Crippen molar-refractivity contribution in [2.45, 2.75) is 12.8 Å². The van der Waals surface area contributed by atoms with Gasteiger partial charge in [-0.2, -0.15) is 0 Å². The van der Waals surface area contributed by atoms with Crippen LogP contribution in [0.25, 0.3) is 0 Å². The molecule has 0 bridgehead atoms. The fraction of sp³-hybridized carbons (Fsp3) is 0.267. The fourth-order valence-electron chi connectivity index (χ4n) is 2.50. The summed E-state index contributed by atoms with van der Waals surface area (Å²) in [6.07, 6.45) is 3.87. The zero-order valence-electron chi connectivity index (χ0n) is 11.3. The van der Waals surface area contributed by atoms with Crippen molar-refractivity contribution in [3.8, 4) is 0 Å². The highest BCUT2D eigenvalue weighted by Crippen LogP contribution is 2.26. The number of aromatic amines is 1. The lowest BCUT2D eigenvalue weighted by atomic mass is 10.2. The number of halogens is 2. The average molecular weight is 352 g/mol. The van der Waals surface area contributed by atoms with E-state index in [1.54, 1.807) is 24.4 Å². The number of rotatable bonds is 3. The lowest BCUT2D eigenvalue weighted by Gasteiger charge is -2.18. The van der Waals surface area contributed by atoms with E-state index in [1.807, 2.05) is 4.90 Å². The molecule has 2 N–H and O–H groups in total. The second kappa shape index (κ2) is 5.89. The lowest BCUT2D eigenvalue weighted by molar-refractivity contribution is 0.102. The van der Waals surface area contributed by atoms with E-state index in [-0.39, 0.29) is 11.7 Å². The summed E-state index contributed by atoms with van der Waals surface area (Å²) in [4.78, 5) is 16.8. The van der Waals surface area contributed by atoms with E-state index in [0.29, 0.717) is 17.1 Å². The summed E-state index contributed by atoms with van der Waals surface area (Å²) in [6.45, 7) is 1.78. The Morgan fingerprint density at radius 1 is 1.29 bits per heavy atom. The van der Waals surface area contributed by atoms with Crippen molar-refractivity contribution in [2.24, 2.45) is 0 Å². The number of amides is 1. The van der Waals surface area contributed by atoms with Crippen LogP contribution in [0, 0.1) is 5.82 Å². The molecule has 1 aliphatic rings. The highest BCUT2D eigenvalue weighted by molar-refractivity contribution is 9.10. The number of nitrogens with one attached hydrogen (secondary N) is 2. The SMILES string of the molecule is O=C(Nc1ccc(N2CCCC2)c(F)c1)c1cc(Br)c[nH]1. The van der Waals surface area contributed by atoms with Crippen molar-refractivity contribution in [3.63, 3.8) is 0 Å². The van der Waals surface area contributed by atoms with E-state index in [4.69, 9.17) is 0 Å². The number of carbonyl (C=O) groups excluding carboxylic acids is 1. The van der Waals surface area contributed by atoms with Gasteiger partial charge in [-0.25, -0.2) is 4.39 Å². The van der Waals surface area contributed by atoms with Crippen molar-refractivity contribution in [1.82, 2.24) is 4.98 Å². The summed E-state index contributed by atoms with van der Waals surface area (Å²) < 4.78 is 14.9. The first kappa shape index (κ1) is 14.1. The van der Waals surface area contributed by atoms with Gasteiger partial charge < -0.3 is 15.2 Å². The molecule has 0 saturated carbocycles. The van der Waals surface area contributed by atoms with Crippen molar-refractivity contribution in [2.75, 3.05) is 23.3 Å². The molecule has 1 aromatic carbocycles. The van der Waals surface area contributed by atoms with Gasteiger partial charge in [0.15, 0.2) is 0 Å². The first-order valence-corrected chi connectivity index (χ1v) is 7.62. The maximum absolute atomic E-state index is 14.2. The minimum atomic E-state index is -0.303. The van der Waals surface area contributed by atoms with Crippen LogP contribution in [0.2, 0.25) is 0 Å². The molecule has 1 amide bonds. The number of anilines is 2. The zero-order valence-corrected chi connectivity index (χ0v) is 12.9. The Morgan fingerprint density at radius 3 is 2.67 bits per heavy atom. The Bertz CT molecular complexity index is 665. The van der Waals surface area contributed by atoms with Crippen molar-refractivity contribution < 1.29 is 9.18 Å². The van der Waals surface area contributed by atoms with E-state index in [9.17, 15) is 9.18 Å². The van der Waals surface area contributed by atoms with Crippen LogP contribution in [-0.2, 0) is 0 Å². The number of benzene rings is 1. The van der Waals surface area contributed by atoms with Crippen LogP contribution < -0.4 is 10.2 Å². The van der Waals surface area contributed by atoms with Crippen molar-refractivity contribution >= 4 is 33.2 Å². The van der Waals surface area contributed by atoms with Crippen molar-refractivity contribution in [3.05, 3.63) is 46.4 Å². The Morgan fingerprint density at radius 2 is 2.05 bits per heavy atom. The predicted molar refractivity (Wildman–Crippen MR) is 84.3 cm³/mol. The lowest BCUT2D eigenvalue weighted by Crippen LogP contribution is -2.19. The maximum Gasteiger partial charge on any atom is 0.272 e. The monoisotopic (exact) mass is 351 g/mol. The minimum Gasteiger partial charge on any atom is -0.369 e. The summed E-state index contributed by atoms with van der Waals surface area (Å²) in [5.41, 5.74) is 1.48. The third-order valence-corrected chi connectivity index (χ3v) is 4.00. The molecule has 0 atom stereocenters. The number of nitrogens with zero attached hydrogens (tertiary/aromatic N) is 1. The van der Waals surface area contributed by atoms with Crippen LogP contribution in [0.3, 0.4) is 0 Å². The molecule has 1 aromatic heterocycles. The summed E-state index contributed by atoms with van der Waals surface area (Å²) in [5.74, 6) is -0.601. The molecule has 1 fully saturated rings. The van der Waals surface area contributed by atoms with Crippen LogP contribution in [0.15, 0.2) is 34.9 Å². The van der Waals surface area contributed by atoms with Gasteiger partial charge in [-0.3, -0.25) is 4.79 Å². The smallest absolute Gasteiger partial charge is 0.272 e. The average Bonchev–Trinajstić information content (AvgIpc) is 3.10. The minimum absolute atomic E-state index is 0.297. The Hall–Kier alpha value is -1.82. The third kappa shape index (κ3) is 3.10. The number of carbonyl (C=O) groups is 1. The molecule has 3 rings (SSSR count). The molecule has 21 heavy (non-hydrogen) atoms. The summed E-state index contributed by atoms with van der Waals surface area (Å²) in [6, 6.07) is 6.49. The van der Waals surface area contributed by atoms with Gasteiger partial charge in [-0.15, -0.1) is 0 Å². The number of aromatic nitrogens is 1. The molecule has 4 nitrogen and oxygen atoms in total. The van der Waals surface area contributed by atoms with Gasteiger partial charge in [0.25, 0.3) is 5.91 Å². The molecule has 0 radical (unpaired) electrons. The molecule has 2 aromatic rings. The second-order valence-corrected chi connectivity index (χ2v) is 5.96. The summed E-state index contributed by atoms with van der Waals surface area (Å²) in [7, 11) is 0. The van der Waals surface area contributed by atoms with Crippen LogP contribution in [-0.4, -0.2) is 24.0 Å². The molecule has 2 heterocycles. The van der Waals surface area contributed by atoms with Gasteiger partial charge in [-0.1, -0.05) is 0 Å². The van der Waals surface area contributed by atoms with Crippen molar-refractivity contribution in [1.29, 1.82) is 0 Å². The first-order chi connectivity index (χ1) is 10.1. The van der Waals surface area contributed by atoms with Gasteiger partial charge in [0.2, 0.25) is 0 Å². The van der Waals surface area contributed by atoms with Crippen LogP contribution in [0.1, 0.15) is 23.3 Å². The third-order valence-electron chi connectivity index (χ3n) is 3.54. The van der Waals surface area contributed by atoms with Gasteiger partial charge in [0.05, 0.1) is 5.69 Å². The molecule has 0 unspecified atom stereocenters. The van der Waals surface area contributed by atoms with E-state index < -0.39 is 0 Å². The summed E-state index contributed by atoms with van der Waals surface area (Å²) in [5, 5.41) is 2.68. The summed E-state index contributed by atoms with van der Waals surface area (Å²) >= 11 is 3.27. The standard InChI is InChI=1S/C15H15BrFN3O/c16-10-7-13(18-9-10)15(21)19-11-3-4-14(12(17)8-11)20-5-1-2-6-20/h3-4,7-9,18H,1-2,5-6H2,(H,19,21). The van der Waals surface area contributed by atoms with Crippen LogP contribution >= 0.6 is 15.9 Å². The molecule has 0 spiro atoms.